The van der Waals surface area contributed by atoms with E-state index in [4.69, 9.17) is 17.3 Å². The van der Waals surface area contributed by atoms with Crippen LogP contribution in [0.15, 0.2) is 46.9 Å². The molecule has 1 aliphatic heterocycles. The molecule has 1 N–H and O–H groups in total. The number of hydrogen-bond donors (Lipinski definition) is 1. The van der Waals surface area contributed by atoms with Crippen LogP contribution in [0, 0.1) is 0 Å². The Morgan fingerprint density at radius 1 is 1.36 bits per heavy atom. The normalized spacial score (nSPS) is 17.4. The van der Waals surface area contributed by atoms with Crippen molar-refractivity contribution in [1.82, 2.24) is 4.90 Å². The summed E-state index contributed by atoms with van der Waals surface area (Å²) in [5.41, 5.74) is 1.99. The zero-order valence-corrected chi connectivity index (χ0v) is 13.6. The number of aliphatic carboxylic acids is 1. The van der Waals surface area contributed by atoms with E-state index in [1.807, 2.05) is 43.3 Å². The molecule has 1 aromatic carbocycles. The van der Waals surface area contributed by atoms with Gasteiger partial charge >= 0.3 is 5.97 Å². The first-order chi connectivity index (χ1) is 10.5. The van der Waals surface area contributed by atoms with Gasteiger partial charge in [-0.1, -0.05) is 60.4 Å². The highest BCUT2D eigenvalue weighted by Gasteiger charge is 2.31. The highest BCUT2D eigenvalue weighted by molar-refractivity contribution is 8.26. The van der Waals surface area contributed by atoms with Crippen LogP contribution < -0.4 is 0 Å². The van der Waals surface area contributed by atoms with Crippen LogP contribution >= 0.6 is 24.0 Å². The summed E-state index contributed by atoms with van der Waals surface area (Å²) in [5.74, 6) is -1.17. The maximum atomic E-state index is 12.2. The molecule has 1 saturated heterocycles. The molecular formula is C16H15NO3S2. The zero-order chi connectivity index (χ0) is 16.1. The van der Waals surface area contributed by atoms with Gasteiger partial charge in [0.05, 0.1) is 11.3 Å². The topological polar surface area (TPSA) is 57.6 Å². The average molecular weight is 333 g/mol. The molecule has 2 rings (SSSR count). The molecule has 22 heavy (non-hydrogen) atoms. The molecule has 0 radical (unpaired) electrons. The number of allylic oxidation sites excluding steroid dienone is 2. The first-order valence-corrected chi connectivity index (χ1v) is 7.90. The zero-order valence-electron chi connectivity index (χ0n) is 12.0. The Hall–Kier alpha value is -1.92. The van der Waals surface area contributed by atoms with Crippen molar-refractivity contribution in [3.05, 3.63) is 52.4 Å². The third-order valence-corrected chi connectivity index (χ3v) is 4.35. The molecule has 0 bridgehead atoms. The van der Waals surface area contributed by atoms with Crippen LogP contribution in [0.2, 0.25) is 0 Å². The molecule has 6 heteroatoms. The average Bonchev–Trinajstić information content (AvgIpc) is 2.72. The maximum absolute atomic E-state index is 12.2. The number of amides is 1. The van der Waals surface area contributed by atoms with E-state index in [1.54, 1.807) is 6.08 Å². The van der Waals surface area contributed by atoms with Gasteiger partial charge in [-0.2, -0.15) is 0 Å². The third-order valence-electron chi connectivity index (χ3n) is 2.98. The van der Waals surface area contributed by atoms with Gasteiger partial charge < -0.3 is 5.11 Å². The van der Waals surface area contributed by atoms with Crippen LogP contribution in [0.3, 0.4) is 0 Å². The first-order valence-electron chi connectivity index (χ1n) is 6.68. The van der Waals surface area contributed by atoms with Crippen LogP contribution in [-0.2, 0) is 9.59 Å². The smallest absolute Gasteiger partial charge is 0.305 e. The minimum absolute atomic E-state index is 0.110. The molecule has 0 aliphatic carbocycles. The standard InChI is InChI=1S/C16H15NO3S2/c1-11(9-12-5-3-2-4-6-12)10-13-15(20)17(16(21)22-13)8-7-14(18)19/h2-6,9-10H,7-8H2,1H3,(H,18,19)/b11-9-,13-10-. The number of benzene rings is 1. The van der Waals surface area contributed by atoms with E-state index in [0.29, 0.717) is 9.23 Å². The fourth-order valence-electron chi connectivity index (χ4n) is 1.96. The summed E-state index contributed by atoms with van der Waals surface area (Å²) in [6.45, 7) is 2.02. The van der Waals surface area contributed by atoms with Gasteiger partial charge in [-0.15, -0.1) is 0 Å². The number of carbonyl (C=O) groups is 2. The van der Waals surface area contributed by atoms with Gasteiger partial charge in [-0.3, -0.25) is 14.5 Å². The van der Waals surface area contributed by atoms with Gasteiger partial charge in [0.25, 0.3) is 5.91 Å². The molecule has 0 spiro atoms. The number of rotatable bonds is 5. The highest BCUT2D eigenvalue weighted by atomic mass is 32.2. The van der Waals surface area contributed by atoms with E-state index in [-0.39, 0.29) is 18.9 Å². The number of carboxylic acids is 1. The van der Waals surface area contributed by atoms with Crippen molar-refractivity contribution in [3.8, 4) is 0 Å². The number of carboxylic acid groups (broad SMARTS) is 1. The quantitative estimate of drug-likeness (QED) is 0.662. The summed E-state index contributed by atoms with van der Waals surface area (Å²) >= 11 is 6.35. The van der Waals surface area contributed by atoms with E-state index in [9.17, 15) is 9.59 Å². The molecule has 1 aliphatic rings. The first kappa shape index (κ1) is 16.5. The molecule has 1 aromatic rings. The summed E-state index contributed by atoms with van der Waals surface area (Å²) < 4.78 is 0.407. The fraction of sp³-hybridized carbons (Fsp3) is 0.188. The molecule has 0 atom stereocenters. The predicted molar refractivity (Wildman–Crippen MR) is 92.3 cm³/mol. The molecule has 4 nitrogen and oxygen atoms in total. The van der Waals surface area contributed by atoms with E-state index < -0.39 is 5.97 Å². The number of thioether (sulfide) groups is 1. The Morgan fingerprint density at radius 2 is 2.05 bits per heavy atom. The molecule has 0 aromatic heterocycles. The van der Waals surface area contributed by atoms with Gasteiger partial charge in [0, 0.05) is 6.54 Å². The van der Waals surface area contributed by atoms with Gasteiger partial charge in [-0.05, 0) is 24.1 Å². The molecular weight excluding hydrogens is 318 g/mol. The summed E-state index contributed by atoms with van der Waals surface area (Å²) in [5, 5.41) is 8.71. The van der Waals surface area contributed by atoms with Crippen molar-refractivity contribution < 1.29 is 14.7 Å². The lowest BCUT2D eigenvalue weighted by molar-refractivity contribution is -0.137. The second-order valence-electron chi connectivity index (χ2n) is 4.78. The van der Waals surface area contributed by atoms with Gasteiger partial charge in [0.1, 0.15) is 4.32 Å². The van der Waals surface area contributed by atoms with Crippen LogP contribution in [-0.4, -0.2) is 32.7 Å². The van der Waals surface area contributed by atoms with E-state index in [1.165, 1.54) is 16.7 Å². The van der Waals surface area contributed by atoms with Crippen LogP contribution in [0.5, 0.6) is 0 Å². The SMILES string of the molecule is CC(=C/c1ccccc1)/C=C1\SC(=S)N(CCC(=O)O)C1=O. The van der Waals surface area contributed by atoms with Gasteiger partial charge in [-0.25, -0.2) is 0 Å². The second-order valence-corrected chi connectivity index (χ2v) is 6.45. The van der Waals surface area contributed by atoms with Crippen molar-refractivity contribution in [3.63, 3.8) is 0 Å². The molecule has 114 valence electrons. The lowest BCUT2D eigenvalue weighted by atomic mass is 10.1. The van der Waals surface area contributed by atoms with Crippen molar-refractivity contribution in [2.75, 3.05) is 6.54 Å². The van der Waals surface area contributed by atoms with Crippen molar-refractivity contribution in [2.24, 2.45) is 0 Å². The Balaban J connectivity index is 2.12. The van der Waals surface area contributed by atoms with Crippen LogP contribution in [0.1, 0.15) is 18.9 Å². The van der Waals surface area contributed by atoms with Crippen LogP contribution in [0.25, 0.3) is 6.08 Å². The minimum Gasteiger partial charge on any atom is -0.481 e. The van der Waals surface area contributed by atoms with Gasteiger partial charge in [0.2, 0.25) is 0 Å². The van der Waals surface area contributed by atoms with E-state index in [0.717, 1.165) is 11.1 Å². The monoisotopic (exact) mass is 333 g/mol. The molecule has 1 fully saturated rings. The van der Waals surface area contributed by atoms with Crippen molar-refractivity contribution >= 4 is 46.3 Å². The minimum atomic E-state index is -0.946. The maximum Gasteiger partial charge on any atom is 0.305 e. The molecule has 0 saturated carbocycles. The lowest BCUT2D eigenvalue weighted by Gasteiger charge is -2.12. The van der Waals surface area contributed by atoms with E-state index in [2.05, 4.69) is 0 Å². The van der Waals surface area contributed by atoms with Gasteiger partial charge in [0.15, 0.2) is 0 Å². The number of hydrogen-bond acceptors (Lipinski definition) is 4. The molecule has 0 unspecified atom stereocenters. The predicted octanol–water partition coefficient (Wildman–Crippen LogP) is 3.31. The van der Waals surface area contributed by atoms with Crippen molar-refractivity contribution in [1.29, 1.82) is 0 Å². The Morgan fingerprint density at radius 3 is 2.68 bits per heavy atom. The Kier molecular flexibility index (Phi) is 5.51. The largest absolute Gasteiger partial charge is 0.481 e. The summed E-state index contributed by atoms with van der Waals surface area (Å²) in [6.07, 6.45) is 3.65. The molecule has 1 heterocycles. The fourth-order valence-corrected chi connectivity index (χ4v) is 3.32. The number of thiocarbonyl (C=S) groups is 1. The summed E-state index contributed by atoms with van der Waals surface area (Å²) in [7, 11) is 0. The third kappa shape index (κ3) is 4.29. The van der Waals surface area contributed by atoms with Crippen molar-refractivity contribution in [2.45, 2.75) is 13.3 Å². The summed E-state index contributed by atoms with van der Waals surface area (Å²) in [4.78, 5) is 24.7. The lowest BCUT2D eigenvalue weighted by Crippen LogP contribution is -2.30. The van der Waals surface area contributed by atoms with Crippen LogP contribution in [0.4, 0.5) is 0 Å². The Bertz CT molecular complexity index is 665. The highest BCUT2D eigenvalue weighted by Crippen LogP contribution is 2.32. The van der Waals surface area contributed by atoms with E-state index >= 15 is 0 Å². The second kappa shape index (κ2) is 7.38. The Labute approximate surface area is 138 Å². The summed E-state index contributed by atoms with van der Waals surface area (Å²) in [6, 6.07) is 9.81. The number of carbonyl (C=O) groups excluding carboxylic acids is 1. The number of nitrogens with zero attached hydrogens (tertiary/aromatic N) is 1. The molecule has 1 amide bonds.